The van der Waals surface area contributed by atoms with Gasteiger partial charge in [0.1, 0.15) is 5.75 Å². The minimum atomic E-state index is -0.297. The lowest BCUT2D eigenvalue weighted by molar-refractivity contribution is -0.135. The largest absolute Gasteiger partial charge is 0.425 e. The van der Waals surface area contributed by atoms with Crippen LogP contribution >= 0.6 is 11.3 Å². The van der Waals surface area contributed by atoms with Gasteiger partial charge in [0.2, 0.25) is 0 Å². The van der Waals surface area contributed by atoms with Crippen molar-refractivity contribution in [2.45, 2.75) is 12.3 Å². The molecule has 0 fully saturated rings. The molecule has 0 saturated heterocycles. The summed E-state index contributed by atoms with van der Waals surface area (Å²) >= 11 is 1.55. The molecule has 104 valence electrons. The second-order valence-corrected chi connectivity index (χ2v) is 5.81. The number of aromatic nitrogens is 1. The Morgan fingerprint density at radius 2 is 2.05 bits per heavy atom. The van der Waals surface area contributed by atoms with Gasteiger partial charge in [-0.3, -0.25) is 9.59 Å². The smallest absolute Gasteiger partial charge is 0.312 e. The molecule has 0 aliphatic carbocycles. The number of carbonyl (C=O) groups excluding carboxylic acids is 1. The second kappa shape index (κ2) is 4.56. The Labute approximate surface area is 124 Å². The summed E-state index contributed by atoms with van der Waals surface area (Å²) < 4.78 is 5.40. The van der Waals surface area contributed by atoms with Crippen LogP contribution in [0.15, 0.2) is 45.9 Å². The van der Waals surface area contributed by atoms with Crippen molar-refractivity contribution in [3.63, 3.8) is 0 Å². The monoisotopic (exact) mass is 297 g/mol. The van der Waals surface area contributed by atoms with E-state index in [0.29, 0.717) is 16.8 Å². The van der Waals surface area contributed by atoms with E-state index in [1.54, 1.807) is 17.4 Å². The molecule has 0 spiro atoms. The third kappa shape index (κ3) is 1.89. The summed E-state index contributed by atoms with van der Waals surface area (Å²) in [6, 6.07) is 9.31. The van der Waals surface area contributed by atoms with Gasteiger partial charge < -0.3 is 9.72 Å². The maximum Gasteiger partial charge on any atom is 0.312 e. The van der Waals surface area contributed by atoms with E-state index in [-0.39, 0.29) is 23.9 Å². The molecule has 5 heteroatoms. The number of carbonyl (C=O) groups is 1. The number of para-hydroxylation sites is 1. The molecule has 1 N–H and O–H groups in total. The van der Waals surface area contributed by atoms with Gasteiger partial charge in [-0.05, 0) is 34.5 Å². The molecule has 0 radical (unpaired) electrons. The van der Waals surface area contributed by atoms with Gasteiger partial charge in [0.05, 0.1) is 17.5 Å². The molecule has 0 unspecified atom stereocenters. The molecule has 1 aliphatic rings. The number of thiophene rings is 1. The first kappa shape index (κ1) is 12.3. The Balaban J connectivity index is 2.06. The molecular weight excluding hydrogens is 286 g/mol. The number of esters is 1. The Hall–Kier alpha value is -2.40. The van der Waals surface area contributed by atoms with Gasteiger partial charge in [-0.15, -0.1) is 0 Å². The summed E-state index contributed by atoms with van der Waals surface area (Å²) in [6.07, 6.45) is 0.200. The number of rotatable bonds is 1. The summed E-state index contributed by atoms with van der Waals surface area (Å²) in [6.45, 7) is 0. The average Bonchev–Trinajstić information content (AvgIpc) is 3.00. The summed E-state index contributed by atoms with van der Waals surface area (Å²) in [7, 11) is 0. The molecule has 0 saturated carbocycles. The number of benzene rings is 1. The van der Waals surface area contributed by atoms with Gasteiger partial charge in [-0.1, -0.05) is 12.1 Å². The zero-order chi connectivity index (χ0) is 14.4. The highest BCUT2D eigenvalue weighted by atomic mass is 32.1. The number of ether oxygens (including phenoxy) is 1. The molecule has 1 atom stereocenters. The van der Waals surface area contributed by atoms with Crippen LogP contribution in [0.1, 0.15) is 23.5 Å². The van der Waals surface area contributed by atoms with Gasteiger partial charge in [0.15, 0.2) is 0 Å². The van der Waals surface area contributed by atoms with Crippen LogP contribution in [0.2, 0.25) is 0 Å². The molecule has 2 aromatic heterocycles. The molecule has 21 heavy (non-hydrogen) atoms. The Morgan fingerprint density at radius 1 is 1.19 bits per heavy atom. The SMILES string of the molecule is O=C1C[C@H](c2ccsc2)c2c(c3ccccc3[nH]c2=O)O1. The Bertz CT molecular complexity index is 896. The molecule has 4 rings (SSSR count). The molecule has 0 amide bonds. The van der Waals surface area contributed by atoms with Crippen molar-refractivity contribution < 1.29 is 9.53 Å². The number of hydrogen-bond donors (Lipinski definition) is 1. The molecule has 3 heterocycles. The fourth-order valence-electron chi connectivity index (χ4n) is 2.84. The van der Waals surface area contributed by atoms with Crippen molar-refractivity contribution in [2.24, 2.45) is 0 Å². The van der Waals surface area contributed by atoms with Crippen LogP contribution in [-0.2, 0) is 4.79 Å². The normalized spacial score (nSPS) is 17.5. The molecule has 0 bridgehead atoms. The highest BCUT2D eigenvalue weighted by molar-refractivity contribution is 7.08. The number of fused-ring (bicyclic) bond motifs is 3. The third-order valence-electron chi connectivity index (χ3n) is 3.79. The maximum atomic E-state index is 12.4. The third-order valence-corrected chi connectivity index (χ3v) is 4.49. The van der Waals surface area contributed by atoms with Crippen molar-refractivity contribution >= 4 is 28.2 Å². The van der Waals surface area contributed by atoms with Crippen LogP contribution < -0.4 is 10.3 Å². The molecular formula is C16H11NO3S. The minimum Gasteiger partial charge on any atom is -0.425 e. The second-order valence-electron chi connectivity index (χ2n) is 5.03. The summed E-state index contributed by atoms with van der Waals surface area (Å²) in [5, 5.41) is 4.69. The van der Waals surface area contributed by atoms with Gasteiger partial charge >= 0.3 is 5.97 Å². The van der Waals surface area contributed by atoms with Crippen LogP contribution in [0.4, 0.5) is 0 Å². The first-order valence-electron chi connectivity index (χ1n) is 6.62. The predicted molar refractivity (Wildman–Crippen MR) is 81.0 cm³/mol. The predicted octanol–water partition coefficient (Wildman–Crippen LogP) is 3.03. The minimum absolute atomic E-state index is 0.188. The lowest BCUT2D eigenvalue weighted by Crippen LogP contribution is -2.28. The summed E-state index contributed by atoms with van der Waals surface area (Å²) in [4.78, 5) is 27.3. The van der Waals surface area contributed by atoms with Crippen molar-refractivity contribution in [1.29, 1.82) is 0 Å². The highest BCUT2D eigenvalue weighted by Gasteiger charge is 2.32. The van der Waals surface area contributed by atoms with E-state index in [0.717, 1.165) is 10.9 Å². The van der Waals surface area contributed by atoms with Crippen molar-refractivity contribution in [1.82, 2.24) is 4.98 Å². The standard InChI is InChI=1S/C16H11NO3S/c18-13-7-11(9-5-6-21-8-9)14-15(20-13)10-3-1-2-4-12(10)17-16(14)19/h1-6,8,11H,7H2,(H,17,19)/t11-/m1/s1. The van der Waals surface area contributed by atoms with Crippen LogP contribution in [0.3, 0.4) is 0 Å². The van der Waals surface area contributed by atoms with Crippen LogP contribution in [-0.4, -0.2) is 11.0 Å². The van der Waals surface area contributed by atoms with E-state index in [1.165, 1.54) is 0 Å². The zero-order valence-electron chi connectivity index (χ0n) is 11.0. The Kier molecular flexibility index (Phi) is 2.68. The van der Waals surface area contributed by atoms with Crippen molar-refractivity contribution in [3.8, 4) is 5.75 Å². The van der Waals surface area contributed by atoms with E-state index in [9.17, 15) is 9.59 Å². The molecule has 4 nitrogen and oxygen atoms in total. The summed E-state index contributed by atoms with van der Waals surface area (Å²) in [5.41, 5.74) is 2.03. The van der Waals surface area contributed by atoms with Gasteiger partial charge in [-0.25, -0.2) is 0 Å². The number of nitrogens with one attached hydrogen (secondary N) is 1. The van der Waals surface area contributed by atoms with Gasteiger partial charge in [0, 0.05) is 11.3 Å². The van der Waals surface area contributed by atoms with Crippen molar-refractivity contribution in [3.05, 3.63) is 62.6 Å². The van der Waals surface area contributed by atoms with E-state index >= 15 is 0 Å². The lowest BCUT2D eigenvalue weighted by atomic mass is 9.88. The van der Waals surface area contributed by atoms with Crippen LogP contribution in [0.25, 0.3) is 10.9 Å². The van der Waals surface area contributed by atoms with E-state index in [2.05, 4.69) is 4.98 Å². The van der Waals surface area contributed by atoms with Gasteiger partial charge in [0.25, 0.3) is 5.56 Å². The topological polar surface area (TPSA) is 59.2 Å². The maximum absolute atomic E-state index is 12.4. The summed E-state index contributed by atoms with van der Waals surface area (Å²) in [5.74, 6) is -0.128. The number of hydrogen-bond acceptors (Lipinski definition) is 4. The first-order chi connectivity index (χ1) is 10.2. The number of pyridine rings is 1. The Morgan fingerprint density at radius 3 is 2.86 bits per heavy atom. The van der Waals surface area contributed by atoms with Gasteiger partial charge in [-0.2, -0.15) is 11.3 Å². The van der Waals surface area contributed by atoms with E-state index < -0.39 is 0 Å². The average molecular weight is 297 g/mol. The molecule has 1 aliphatic heterocycles. The van der Waals surface area contributed by atoms with E-state index in [4.69, 9.17) is 4.74 Å². The molecule has 3 aromatic rings. The zero-order valence-corrected chi connectivity index (χ0v) is 11.8. The quantitative estimate of drug-likeness (QED) is 0.702. The fraction of sp³-hybridized carbons (Fsp3) is 0.125. The van der Waals surface area contributed by atoms with E-state index in [1.807, 2.05) is 35.0 Å². The lowest BCUT2D eigenvalue weighted by Gasteiger charge is -2.24. The van der Waals surface area contributed by atoms with Crippen LogP contribution in [0.5, 0.6) is 5.75 Å². The number of H-pyrrole nitrogens is 1. The van der Waals surface area contributed by atoms with Crippen LogP contribution in [0, 0.1) is 0 Å². The highest BCUT2D eigenvalue weighted by Crippen LogP contribution is 2.40. The fourth-order valence-corrected chi connectivity index (χ4v) is 3.55. The first-order valence-corrected chi connectivity index (χ1v) is 7.56. The van der Waals surface area contributed by atoms with Crippen molar-refractivity contribution in [2.75, 3.05) is 0 Å². The molecule has 1 aromatic carbocycles. The number of aromatic amines is 1.